The maximum Gasteiger partial charge on any atom is 0.338 e. The summed E-state index contributed by atoms with van der Waals surface area (Å²) in [5, 5.41) is 8.58. The van der Waals surface area contributed by atoms with Crippen LogP contribution in [0.3, 0.4) is 0 Å². The normalized spacial score (nSPS) is 11.0. The Morgan fingerprint density at radius 1 is 0.828 bits per heavy atom. The van der Waals surface area contributed by atoms with Gasteiger partial charge in [-0.15, -0.1) is 0 Å². The molecular formula is C23H38O6. The number of benzene rings is 1. The third-order valence-corrected chi connectivity index (χ3v) is 4.51. The van der Waals surface area contributed by atoms with E-state index in [2.05, 4.69) is 19.9 Å². The van der Waals surface area contributed by atoms with Crippen molar-refractivity contribution in [3.63, 3.8) is 0 Å². The highest BCUT2D eigenvalue weighted by atomic mass is 16.6. The molecule has 0 fully saturated rings. The van der Waals surface area contributed by atoms with Gasteiger partial charge < -0.3 is 24.1 Å². The molecule has 1 aromatic carbocycles. The van der Waals surface area contributed by atoms with Gasteiger partial charge in [0.1, 0.15) is 6.61 Å². The average molecular weight is 411 g/mol. The van der Waals surface area contributed by atoms with Crippen molar-refractivity contribution in [2.24, 2.45) is 0 Å². The van der Waals surface area contributed by atoms with Gasteiger partial charge in [0.25, 0.3) is 0 Å². The van der Waals surface area contributed by atoms with Crippen LogP contribution in [0.1, 0.15) is 61.0 Å². The highest BCUT2D eigenvalue weighted by Crippen LogP contribution is 2.21. The predicted octanol–water partition coefficient (Wildman–Crippen LogP) is 3.57. The molecule has 0 saturated heterocycles. The van der Waals surface area contributed by atoms with Crippen molar-refractivity contribution in [3.05, 3.63) is 34.9 Å². The van der Waals surface area contributed by atoms with Gasteiger partial charge in [-0.1, -0.05) is 38.8 Å². The third kappa shape index (κ3) is 11.3. The lowest BCUT2D eigenvalue weighted by molar-refractivity contribution is -0.00316. The number of unbranched alkanes of at least 4 members (excludes halogenated alkanes) is 2. The lowest BCUT2D eigenvalue weighted by Crippen LogP contribution is -2.16. The minimum atomic E-state index is -0.268. The van der Waals surface area contributed by atoms with E-state index in [1.807, 2.05) is 12.1 Å². The molecule has 1 rings (SSSR count). The molecule has 29 heavy (non-hydrogen) atoms. The van der Waals surface area contributed by atoms with E-state index >= 15 is 0 Å². The second kappa shape index (κ2) is 17.4. The number of aryl methyl sites for hydroxylation is 1. The molecule has 0 bridgehead atoms. The molecule has 0 aromatic heterocycles. The van der Waals surface area contributed by atoms with Crippen molar-refractivity contribution < 1.29 is 28.8 Å². The Kier molecular flexibility index (Phi) is 15.3. The summed E-state index contributed by atoms with van der Waals surface area (Å²) < 4.78 is 21.3. The van der Waals surface area contributed by atoms with E-state index in [1.54, 1.807) is 0 Å². The van der Waals surface area contributed by atoms with Crippen molar-refractivity contribution in [2.75, 3.05) is 52.9 Å². The zero-order valence-electron chi connectivity index (χ0n) is 18.1. The van der Waals surface area contributed by atoms with Crippen LogP contribution in [0.15, 0.2) is 18.2 Å². The van der Waals surface area contributed by atoms with Crippen LogP contribution in [-0.4, -0.2) is 63.9 Å². The van der Waals surface area contributed by atoms with Gasteiger partial charge in [-0.05, 0) is 42.9 Å². The van der Waals surface area contributed by atoms with E-state index in [9.17, 15) is 4.79 Å². The highest BCUT2D eigenvalue weighted by Gasteiger charge is 2.15. The Labute approximate surface area is 175 Å². The summed E-state index contributed by atoms with van der Waals surface area (Å²) in [6, 6.07) is 5.96. The van der Waals surface area contributed by atoms with Gasteiger partial charge in [0, 0.05) is 0 Å². The Balaban J connectivity index is 2.34. The lowest BCUT2D eigenvalue weighted by Gasteiger charge is -2.14. The Bertz CT molecular complexity index is 546. The van der Waals surface area contributed by atoms with E-state index in [1.165, 1.54) is 5.56 Å². The zero-order valence-corrected chi connectivity index (χ0v) is 18.1. The average Bonchev–Trinajstić information content (AvgIpc) is 2.74. The van der Waals surface area contributed by atoms with E-state index in [-0.39, 0.29) is 19.2 Å². The fraction of sp³-hybridized carbons (Fsp3) is 0.696. The van der Waals surface area contributed by atoms with Crippen LogP contribution in [-0.2, 0) is 31.8 Å². The maximum absolute atomic E-state index is 12.6. The molecule has 0 saturated carbocycles. The molecule has 0 aliphatic heterocycles. The number of ether oxygens (including phenoxy) is 4. The molecular weight excluding hydrogens is 372 g/mol. The zero-order chi connectivity index (χ0) is 21.2. The standard InChI is InChI=1S/C23H38O6/c1-3-5-8-20-9-7-11-22(21(20)10-6-4-2)23(25)29-19-18-28-17-16-27-15-14-26-13-12-24/h7,9,11,24H,3-6,8,10,12-19H2,1-2H3. The van der Waals surface area contributed by atoms with Gasteiger partial charge in [-0.3, -0.25) is 0 Å². The summed E-state index contributed by atoms with van der Waals surface area (Å²) in [6.07, 6.45) is 6.35. The minimum Gasteiger partial charge on any atom is -0.460 e. The van der Waals surface area contributed by atoms with Crippen molar-refractivity contribution in [3.8, 4) is 0 Å². The second-order valence-corrected chi connectivity index (χ2v) is 6.85. The minimum absolute atomic E-state index is 0.0188. The fourth-order valence-corrected chi connectivity index (χ4v) is 2.95. The summed E-state index contributed by atoms with van der Waals surface area (Å²) >= 11 is 0. The summed E-state index contributed by atoms with van der Waals surface area (Å²) in [6.45, 7) is 7.07. The van der Waals surface area contributed by atoms with Crippen molar-refractivity contribution in [1.29, 1.82) is 0 Å². The largest absolute Gasteiger partial charge is 0.460 e. The highest BCUT2D eigenvalue weighted by molar-refractivity contribution is 5.91. The van der Waals surface area contributed by atoms with Crippen LogP contribution in [0.4, 0.5) is 0 Å². The Hall–Kier alpha value is -1.47. The van der Waals surface area contributed by atoms with Gasteiger partial charge >= 0.3 is 5.97 Å². The van der Waals surface area contributed by atoms with Crippen molar-refractivity contribution >= 4 is 5.97 Å². The number of aliphatic hydroxyl groups excluding tert-OH is 1. The molecule has 0 heterocycles. The van der Waals surface area contributed by atoms with E-state index < -0.39 is 0 Å². The molecule has 6 heteroatoms. The Morgan fingerprint density at radius 2 is 1.41 bits per heavy atom. The van der Waals surface area contributed by atoms with Crippen LogP contribution >= 0.6 is 0 Å². The van der Waals surface area contributed by atoms with Crippen LogP contribution in [0.25, 0.3) is 0 Å². The number of esters is 1. The quantitative estimate of drug-likeness (QED) is 0.295. The molecule has 0 spiro atoms. The van der Waals surface area contributed by atoms with Crippen LogP contribution in [0.5, 0.6) is 0 Å². The summed E-state index contributed by atoms with van der Waals surface area (Å²) in [4.78, 5) is 12.6. The molecule has 0 radical (unpaired) electrons. The Morgan fingerprint density at radius 3 is 2.03 bits per heavy atom. The predicted molar refractivity (Wildman–Crippen MR) is 113 cm³/mol. The second-order valence-electron chi connectivity index (χ2n) is 6.85. The maximum atomic E-state index is 12.6. The monoisotopic (exact) mass is 410 g/mol. The molecule has 0 aliphatic rings. The van der Waals surface area contributed by atoms with E-state index in [0.29, 0.717) is 45.2 Å². The first-order chi connectivity index (χ1) is 14.2. The SMILES string of the molecule is CCCCc1cccc(C(=O)OCCOCCOCCOCCO)c1CCCC. The van der Waals surface area contributed by atoms with Gasteiger partial charge in [0.15, 0.2) is 0 Å². The molecule has 0 aliphatic carbocycles. The third-order valence-electron chi connectivity index (χ3n) is 4.51. The van der Waals surface area contributed by atoms with E-state index in [4.69, 9.17) is 24.1 Å². The number of carbonyl (C=O) groups excluding carboxylic acids is 1. The molecule has 0 atom stereocenters. The molecule has 166 valence electrons. The van der Waals surface area contributed by atoms with Gasteiger partial charge in [-0.25, -0.2) is 4.79 Å². The van der Waals surface area contributed by atoms with Crippen LogP contribution in [0, 0.1) is 0 Å². The van der Waals surface area contributed by atoms with Gasteiger partial charge in [0.2, 0.25) is 0 Å². The molecule has 0 unspecified atom stereocenters. The first-order valence-corrected chi connectivity index (χ1v) is 10.9. The lowest BCUT2D eigenvalue weighted by atomic mass is 9.93. The molecule has 1 aromatic rings. The van der Waals surface area contributed by atoms with Gasteiger partial charge in [0.05, 0.1) is 51.8 Å². The van der Waals surface area contributed by atoms with E-state index in [0.717, 1.165) is 44.1 Å². The van der Waals surface area contributed by atoms with Crippen LogP contribution < -0.4 is 0 Å². The number of hydrogen-bond donors (Lipinski definition) is 1. The smallest absolute Gasteiger partial charge is 0.338 e. The first-order valence-electron chi connectivity index (χ1n) is 10.9. The summed E-state index contributed by atoms with van der Waals surface area (Å²) in [5.74, 6) is -0.268. The number of rotatable bonds is 18. The molecule has 1 N–H and O–H groups in total. The molecule has 0 amide bonds. The first kappa shape index (κ1) is 25.6. The fourth-order valence-electron chi connectivity index (χ4n) is 2.95. The van der Waals surface area contributed by atoms with Crippen molar-refractivity contribution in [1.82, 2.24) is 0 Å². The van der Waals surface area contributed by atoms with Crippen LogP contribution in [0.2, 0.25) is 0 Å². The molecule has 6 nitrogen and oxygen atoms in total. The number of hydrogen-bond acceptors (Lipinski definition) is 6. The van der Waals surface area contributed by atoms with Gasteiger partial charge in [-0.2, -0.15) is 0 Å². The summed E-state index contributed by atoms with van der Waals surface area (Å²) in [7, 11) is 0. The number of aliphatic hydroxyl groups is 1. The number of carbonyl (C=O) groups is 1. The summed E-state index contributed by atoms with van der Waals surface area (Å²) in [5.41, 5.74) is 3.11. The van der Waals surface area contributed by atoms with Crippen molar-refractivity contribution in [2.45, 2.75) is 52.4 Å². The topological polar surface area (TPSA) is 74.2 Å².